The maximum atomic E-state index is 14.0. The Morgan fingerprint density at radius 1 is 0.917 bits per heavy atom. The molecule has 1 unspecified atom stereocenters. The van der Waals surface area contributed by atoms with Gasteiger partial charge < -0.3 is 13.7 Å². The number of hydrogen-bond donors (Lipinski definition) is 0. The molecule has 182 valence electrons. The van der Waals surface area contributed by atoms with E-state index in [-0.39, 0.29) is 23.1 Å². The van der Waals surface area contributed by atoms with Crippen LogP contribution in [0.3, 0.4) is 0 Å². The van der Waals surface area contributed by atoms with Gasteiger partial charge in [0.1, 0.15) is 6.04 Å². The highest BCUT2D eigenvalue weighted by Gasteiger charge is 2.45. The lowest BCUT2D eigenvalue weighted by molar-refractivity contribution is 0.0993. The molecule has 6 rings (SSSR count). The van der Waals surface area contributed by atoms with Crippen LogP contribution in [0.15, 0.2) is 70.5 Å². The number of nitrogens with zero attached hydrogens (tertiary/aromatic N) is 4. The van der Waals surface area contributed by atoms with E-state index in [9.17, 15) is 14.4 Å². The summed E-state index contributed by atoms with van der Waals surface area (Å²) >= 11 is 6.21. The Hall–Kier alpha value is -3.84. The molecule has 8 heteroatoms. The van der Waals surface area contributed by atoms with Gasteiger partial charge in [-0.2, -0.15) is 0 Å². The van der Waals surface area contributed by atoms with Crippen molar-refractivity contribution in [2.45, 2.75) is 31.8 Å². The summed E-state index contributed by atoms with van der Waals surface area (Å²) in [6, 6.07) is 14.6. The van der Waals surface area contributed by atoms with Crippen LogP contribution in [0, 0.1) is 6.92 Å². The van der Waals surface area contributed by atoms with E-state index in [2.05, 4.69) is 4.57 Å². The van der Waals surface area contributed by atoms with Crippen LogP contribution in [-0.4, -0.2) is 19.6 Å². The van der Waals surface area contributed by atoms with Gasteiger partial charge in [0.15, 0.2) is 0 Å². The van der Waals surface area contributed by atoms with Crippen molar-refractivity contribution in [3.63, 3.8) is 0 Å². The number of benzene rings is 1. The van der Waals surface area contributed by atoms with Gasteiger partial charge >= 0.3 is 0 Å². The number of carbonyl (C=O) groups excluding carboxylic acids is 1. The van der Waals surface area contributed by atoms with Gasteiger partial charge in [0.25, 0.3) is 17.0 Å². The minimum atomic E-state index is -0.400. The van der Waals surface area contributed by atoms with Crippen molar-refractivity contribution < 1.29 is 4.79 Å². The molecule has 2 aliphatic rings. The molecule has 0 radical (unpaired) electrons. The molecule has 4 heterocycles. The number of carbonyl (C=O) groups is 1. The average Bonchev–Trinajstić information content (AvgIpc) is 3.55. The molecular weight excluding hydrogens is 476 g/mol. The summed E-state index contributed by atoms with van der Waals surface area (Å²) in [6.45, 7) is 1.76. The molecule has 0 saturated heterocycles. The van der Waals surface area contributed by atoms with E-state index in [1.54, 1.807) is 50.4 Å². The maximum Gasteiger partial charge on any atom is 0.261 e. The molecule has 1 aliphatic carbocycles. The van der Waals surface area contributed by atoms with Gasteiger partial charge in [-0.1, -0.05) is 23.7 Å². The van der Waals surface area contributed by atoms with Crippen molar-refractivity contribution in [1.82, 2.24) is 13.7 Å². The molecule has 1 aliphatic heterocycles. The van der Waals surface area contributed by atoms with Crippen LogP contribution in [-0.2, 0) is 14.1 Å². The molecule has 0 N–H and O–H groups in total. The standard InChI is InChI=1S/C28H25ClN4O3/c1-16-12-21(15-31(3)27(16)35)33-25(17-4-6-19(29)7-5-17)26-22(28(33)36)14-23(32(26)20-8-9-20)18-10-11-30(2)24(34)13-18/h4-7,10-15,20,25H,8-9H2,1-3H3. The zero-order valence-electron chi connectivity index (χ0n) is 20.2. The highest BCUT2D eigenvalue weighted by molar-refractivity contribution is 6.30. The molecule has 36 heavy (non-hydrogen) atoms. The third kappa shape index (κ3) is 3.45. The van der Waals surface area contributed by atoms with Crippen molar-refractivity contribution in [3.8, 4) is 11.3 Å². The minimum Gasteiger partial charge on any atom is -0.339 e. The average molecular weight is 501 g/mol. The summed E-state index contributed by atoms with van der Waals surface area (Å²) < 4.78 is 5.29. The lowest BCUT2D eigenvalue weighted by Crippen LogP contribution is -2.31. The zero-order valence-corrected chi connectivity index (χ0v) is 21.0. The number of halogens is 1. The molecule has 0 spiro atoms. The van der Waals surface area contributed by atoms with E-state index in [0.717, 1.165) is 35.4 Å². The molecule has 3 aromatic heterocycles. The number of anilines is 1. The summed E-state index contributed by atoms with van der Waals surface area (Å²) in [5, 5.41) is 0.617. The Kier molecular flexibility index (Phi) is 5.09. The molecule has 7 nitrogen and oxygen atoms in total. The summed E-state index contributed by atoms with van der Waals surface area (Å²) in [5.41, 5.74) is 5.16. The number of aryl methyl sites for hydroxylation is 3. The fraction of sp³-hybridized carbons (Fsp3) is 0.250. The Morgan fingerprint density at radius 3 is 2.28 bits per heavy atom. The fourth-order valence-corrected chi connectivity index (χ4v) is 5.35. The van der Waals surface area contributed by atoms with Crippen molar-refractivity contribution in [2.24, 2.45) is 14.1 Å². The van der Waals surface area contributed by atoms with Gasteiger partial charge in [0.2, 0.25) is 0 Å². The van der Waals surface area contributed by atoms with Crippen LogP contribution in [0.2, 0.25) is 5.02 Å². The molecular formula is C28H25ClN4O3. The van der Waals surface area contributed by atoms with E-state index < -0.39 is 6.04 Å². The first-order valence-electron chi connectivity index (χ1n) is 11.9. The summed E-state index contributed by atoms with van der Waals surface area (Å²) in [7, 11) is 3.42. The SMILES string of the molecule is Cc1cc(N2C(=O)c3cc(-c4ccn(C)c(=O)c4)n(C4CC4)c3C2c2ccc(Cl)cc2)cn(C)c1=O. The summed E-state index contributed by atoms with van der Waals surface area (Å²) in [6.07, 6.45) is 5.50. The smallest absolute Gasteiger partial charge is 0.261 e. The van der Waals surface area contributed by atoms with Gasteiger partial charge in [0.05, 0.1) is 16.9 Å². The molecule has 1 saturated carbocycles. The Bertz CT molecular complexity index is 1630. The first-order chi connectivity index (χ1) is 17.2. The van der Waals surface area contributed by atoms with Crippen LogP contribution in [0.4, 0.5) is 5.69 Å². The van der Waals surface area contributed by atoms with Crippen molar-refractivity contribution in [1.29, 1.82) is 0 Å². The molecule has 1 aromatic carbocycles. The lowest BCUT2D eigenvalue weighted by atomic mass is 10.0. The normalized spacial score (nSPS) is 17.1. The number of fused-ring (bicyclic) bond motifs is 1. The monoisotopic (exact) mass is 500 g/mol. The van der Waals surface area contributed by atoms with Crippen molar-refractivity contribution in [2.75, 3.05) is 4.90 Å². The van der Waals surface area contributed by atoms with E-state index >= 15 is 0 Å². The zero-order chi connectivity index (χ0) is 25.3. The Morgan fingerprint density at radius 2 is 1.64 bits per heavy atom. The predicted molar refractivity (Wildman–Crippen MR) is 140 cm³/mol. The second-order valence-electron chi connectivity index (χ2n) is 9.72. The summed E-state index contributed by atoms with van der Waals surface area (Å²) in [4.78, 5) is 40.6. The molecule has 0 bridgehead atoms. The van der Waals surface area contributed by atoms with Crippen LogP contribution in [0.1, 0.15) is 52.1 Å². The first-order valence-corrected chi connectivity index (χ1v) is 12.3. The second-order valence-corrected chi connectivity index (χ2v) is 10.2. The molecule has 4 aromatic rings. The highest BCUT2D eigenvalue weighted by Crippen LogP contribution is 2.50. The highest BCUT2D eigenvalue weighted by atomic mass is 35.5. The van der Waals surface area contributed by atoms with Crippen LogP contribution < -0.4 is 16.0 Å². The van der Waals surface area contributed by atoms with E-state index in [1.807, 2.05) is 36.4 Å². The maximum absolute atomic E-state index is 14.0. The van der Waals surface area contributed by atoms with E-state index in [4.69, 9.17) is 11.6 Å². The Labute approximate surface area is 212 Å². The van der Waals surface area contributed by atoms with Gasteiger partial charge in [-0.15, -0.1) is 0 Å². The predicted octanol–water partition coefficient (Wildman–Crippen LogP) is 4.60. The largest absolute Gasteiger partial charge is 0.339 e. The van der Waals surface area contributed by atoms with Crippen LogP contribution >= 0.6 is 11.6 Å². The summed E-state index contributed by atoms with van der Waals surface area (Å²) in [5.74, 6) is -0.132. The fourth-order valence-electron chi connectivity index (χ4n) is 5.22. The second kappa shape index (κ2) is 8.10. The van der Waals surface area contributed by atoms with Gasteiger partial charge in [-0.05, 0) is 55.7 Å². The van der Waals surface area contributed by atoms with E-state index in [1.165, 1.54) is 9.13 Å². The van der Waals surface area contributed by atoms with Crippen molar-refractivity contribution >= 4 is 23.2 Å². The van der Waals surface area contributed by atoms with E-state index in [0.29, 0.717) is 21.8 Å². The van der Waals surface area contributed by atoms with Crippen molar-refractivity contribution in [3.05, 3.63) is 109 Å². The third-order valence-electron chi connectivity index (χ3n) is 7.17. The van der Waals surface area contributed by atoms with Crippen LogP contribution in [0.5, 0.6) is 0 Å². The van der Waals surface area contributed by atoms with Gasteiger partial charge in [0, 0.05) is 60.4 Å². The minimum absolute atomic E-state index is 0.0959. The number of pyridine rings is 2. The molecule has 1 atom stereocenters. The molecule has 1 fully saturated rings. The Balaban J connectivity index is 1.61. The number of hydrogen-bond acceptors (Lipinski definition) is 3. The topological polar surface area (TPSA) is 69.2 Å². The number of rotatable bonds is 4. The lowest BCUT2D eigenvalue weighted by Gasteiger charge is -2.28. The molecule has 1 amide bonds. The van der Waals surface area contributed by atoms with Gasteiger partial charge in [-0.3, -0.25) is 19.3 Å². The third-order valence-corrected chi connectivity index (χ3v) is 7.42. The van der Waals surface area contributed by atoms with Crippen LogP contribution in [0.25, 0.3) is 11.3 Å². The van der Waals surface area contributed by atoms with Gasteiger partial charge in [-0.25, -0.2) is 0 Å². The quantitative estimate of drug-likeness (QED) is 0.411. The number of amides is 1. The first kappa shape index (κ1) is 22.6. The number of aromatic nitrogens is 3.